The lowest BCUT2D eigenvalue weighted by molar-refractivity contribution is -0.150. The first-order valence-corrected chi connectivity index (χ1v) is 6.98. The fraction of sp³-hybridized carbons (Fsp3) is 0.833. The maximum Gasteiger partial charge on any atom is 0.411 e. The summed E-state index contributed by atoms with van der Waals surface area (Å²) in [7, 11) is 1.50. The Labute approximate surface area is 112 Å². The highest BCUT2D eigenvalue weighted by atomic mass is 32.2. The molecule has 5 nitrogen and oxygen atoms in total. The topological polar surface area (TPSA) is 66.8 Å². The Morgan fingerprint density at radius 3 is 2.33 bits per heavy atom. The zero-order chi connectivity index (χ0) is 14.1. The van der Waals surface area contributed by atoms with Crippen LogP contribution in [0.2, 0.25) is 0 Å². The molecule has 18 heavy (non-hydrogen) atoms. The molecule has 0 saturated carbocycles. The molecule has 0 radical (unpaired) electrons. The summed E-state index contributed by atoms with van der Waals surface area (Å²) >= 11 is 1.57. The van der Waals surface area contributed by atoms with E-state index in [4.69, 9.17) is 4.74 Å². The van der Waals surface area contributed by atoms with Crippen LogP contribution < -0.4 is 0 Å². The van der Waals surface area contributed by atoms with Gasteiger partial charge in [0.2, 0.25) is 0 Å². The van der Waals surface area contributed by atoms with Crippen LogP contribution in [-0.2, 0) is 9.53 Å². The number of rotatable bonds is 2. The van der Waals surface area contributed by atoms with Gasteiger partial charge < -0.3 is 9.84 Å². The minimum Gasteiger partial charge on any atom is -0.479 e. The first kappa shape index (κ1) is 15.1. The average Bonchev–Trinajstić information content (AvgIpc) is 2.57. The number of hydrogen-bond acceptors (Lipinski definition) is 4. The van der Waals surface area contributed by atoms with Crippen molar-refractivity contribution in [1.29, 1.82) is 0 Å². The van der Waals surface area contributed by atoms with Gasteiger partial charge in [0.15, 0.2) is 5.54 Å². The van der Waals surface area contributed by atoms with Gasteiger partial charge in [-0.2, -0.15) is 11.8 Å². The summed E-state index contributed by atoms with van der Waals surface area (Å²) in [6.45, 7) is 7.13. The molecule has 6 heteroatoms. The number of ether oxygens (including phenoxy) is 1. The van der Waals surface area contributed by atoms with Crippen molar-refractivity contribution in [3.05, 3.63) is 0 Å². The molecule has 1 saturated heterocycles. The molecule has 2 atom stereocenters. The van der Waals surface area contributed by atoms with E-state index in [-0.39, 0.29) is 5.25 Å². The van der Waals surface area contributed by atoms with Crippen LogP contribution in [0.3, 0.4) is 0 Å². The molecule has 0 aliphatic carbocycles. The number of hydrogen-bond donors (Lipinski definition) is 1. The zero-order valence-corrected chi connectivity index (χ0v) is 12.3. The van der Waals surface area contributed by atoms with Crippen molar-refractivity contribution in [1.82, 2.24) is 4.90 Å². The predicted molar refractivity (Wildman–Crippen MR) is 70.9 cm³/mol. The van der Waals surface area contributed by atoms with Crippen LogP contribution in [0.4, 0.5) is 4.79 Å². The second kappa shape index (κ2) is 4.99. The number of carbonyl (C=O) groups excluding carboxylic acids is 1. The summed E-state index contributed by atoms with van der Waals surface area (Å²) in [6, 6.07) is 0. The van der Waals surface area contributed by atoms with E-state index in [2.05, 4.69) is 0 Å². The summed E-state index contributed by atoms with van der Waals surface area (Å²) in [5.41, 5.74) is -1.78. The third kappa shape index (κ3) is 2.74. The monoisotopic (exact) mass is 275 g/mol. The van der Waals surface area contributed by atoms with Crippen molar-refractivity contribution in [3.8, 4) is 0 Å². The molecule has 0 aromatic heterocycles. The Morgan fingerprint density at radius 2 is 2.00 bits per heavy atom. The summed E-state index contributed by atoms with van der Waals surface area (Å²) < 4.78 is 5.25. The molecule has 2 unspecified atom stereocenters. The van der Waals surface area contributed by atoms with Crippen LogP contribution in [0.5, 0.6) is 0 Å². The van der Waals surface area contributed by atoms with E-state index >= 15 is 0 Å². The minimum atomic E-state index is -1.16. The van der Waals surface area contributed by atoms with Crippen LogP contribution in [-0.4, -0.2) is 51.3 Å². The van der Waals surface area contributed by atoms with Gasteiger partial charge in [-0.3, -0.25) is 4.90 Å². The SMILES string of the molecule is CC1SCCC1(C(=O)O)N(C)C(=O)OC(C)(C)C. The van der Waals surface area contributed by atoms with Gasteiger partial charge in [0.25, 0.3) is 0 Å². The highest BCUT2D eigenvalue weighted by Gasteiger charge is 2.53. The molecule has 1 heterocycles. The molecule has 1 aliphatic heterocycles. The van der Waals surface area contributed by atoms with Crippen molar-refractivity contribution in [3.63, 3.8) is 0 Å². The summed E-state index contributed by atoms with van der Waals surface area (Å²) in [6.07, 6.45) is -0.136. The standard InChI is InChI=1S/C12H21NO4S/c1-8-12(9(14)15,6-7-18-8)13(5)10(16)17-11(2,3)4/h8H,6-7H2,1-5H3,(H,14,15). The number of aliphatic carboxylic acids is 1. The Hall–Kier alpha value is -0.910. The predicted octanol–water partition coefficient (Wildman–Crippen LogP) is 2.20. The van der Waals surface area contributed by atoms with E-state index in [9.17, 15) is 14.7 Å². The van der Waals surface area contributed by atoms with Crippen LogP contribution in [0.15, 0.2) is 0 Å². The average molecular weight is 275 g/mol. The van der Waals surface area contributed by atoms with Crippen molar-refractivity contribution >= 4 is 23.8 Å². The van der Waals surface area contributed by atoms with Gasteiger partial charge in [-0.25, -0.2) is 9.59 Å². The van der Waals surface area contributed by atoms with Crippen LogP contribution in [0.25, 0.3) is 0 Å². The molecule has 1 N–H and O–H groups in total. The lowest BCUT2D eigenvalue weighted by Gasteiger charge is -2.38. The Kier molecular flexibility index (Phi) is 4.20. The van der Waals surface area contributed by atoms with Gasteiger partial charge in [-0.05, 0) is 32.9 Å². The van der Waals surface area contributed by atoms with Crippen LogP contribution in [0.1, 0.15) is 34.1 Å². The van der Waals surface area contributed by atoms with E-state index < -0.39 is 23.2 Å². The molecule has 104 valence electrons. The molecule has 0 aromatic rings. The highest BCUT2D eigenvalue weighted by molar-refractivity contribution is 8.00. The van der Waals surface area contributed by atoms with Gasteiger partial charge in [0.1, 0.15) is 5.60 Å². The number of amides is 1. The number of nitrogens with zero attached hydrogens (tertiary/aromatic N) is 1. The van der Waals surface area contributed by atoms with E-state index in [1.54, 1.807) is 32.5 Å². The maximum atomic E-state index is 12.0. The maximum absolute atomic E-state index is 12.0. The van der Waals surface area contributed by atoms with Crippen molar-refractivity contribution in [2.75, 3.05) is 12.8 Å². The minimum absolute atomic E-state index is 0.146. The van der Waals surface area contributed by atoms with Gasteiger partial charge in [0, 0.05) is 12.3 Å². The third-order valence-electron chi connectivity index (χ3n) is 3.16. The summed E-state index contributed by atoms with van der Waals surface area (Å²) in [5.74, 6) is -0.228. The first-order chi connectivity index (χ1) is 8.11. The number of carboxylic acids is 1. The quantitative estimate of drug-likeness (QED) is 0.837. The van der Waals surface area contributed by atoms with Crippen LogP contribution >= 0.6 is 11.8 Å². The second-order valence-corrected chi connectivity index (χ2v) is 6.98. The second-order valence-electron chi connectivity index (χ2n) is 5.53. The largest absolute Gasteiger partial charge is 0.479 e. The fourth-order valence-corrected chi connectivity index (χ4v) is 3.53. The molecule has 1 aliphatic rings. The molecule has 0 aromatic carbocycles. The Balaban J connectivity index is 2.95. The smallest absolute Gasteiger partial charge is 0.411 e. The molecule has 0 spiro atoms. The van der Waals surface area contributed by atoms with E-state index in [1.807, 2.05) is 6.92 Å². The molecular formula is C12H21NO4S. The highest BCUT2D eigenvalue weighted by Crippen LogP contribution is 2.40. The number of carbonyl (C=O) groups is 2. The number of likely N-dealkylation sites (N-methyl/N-ethyl adjacent to an activating group) is 1. The van der Waals surface area contributed by atoms with Gasteiger partial charge >= 0.3 is 12.1 Å². The summed E-state index contributed by atoms with van der Waals surface area (Å²) in [4.78, 5) is 24.9. The van der Waals surface area contributed by atoms with Crippen LogP contribution in [0, 0.1) is 0 Å². The lowest BCUT2D eigenvalue weighted by atomic mass is 9.91. The Bertz CT molecular complexity index is 352. The fourth-order valence-electron chi connectivity index (χ4n) is 2.09. The van der Waals surface area contributed by atoms with Crippen molar-refractivity contribution < 1.29 is 19.4 Å². The number of thioether (sulfide) groups is 1. The molecule has 1 rings (SSSR count). The van der Waals surface area contributed by atoms with Gasteiger partial charge in [-0.15, -0.1) is 0 Å². The molecule has 1 fully saturated rings. The van der Waals surface area contributed by atoms with Crippen molar-refractivity contribution in [2.45, 2.75) is 50.5 Å². The molecule has 0 bridgehead atoms. The normalized spacial score (nSPS) is 27.9. The molecular weight excluding hydrogens is 254 g/mol. The first-order valence-electron chi connectivity index (χ1n) is 5.93. The van der Waals surface area contributed by atoms with E-state index in [1.165, 1.54) is 11.9 Å². The van der Waals surface area contributed by atoms with Gasteiger partial charge in [0.05, 0.1) is 0 Å². The zero-order valence-electron chi connectivity index (χ0n) is 11.5. The third-order valence-corrected chi connectivity index (χ3v) is 4.49. The molecule has 1 amide bonds. The summed E-state index contributed by atoms with van der Waals surface area (Å²) in [5, 5.41) is 9.34. The number of carboxylic acid groups (broad SMARTS) is 1. The van der Waals surface area contributed by atoms with Crippen molar-refractivity contribution in [2.24, 2.45) is 0 Å². The Morgan fingerprint density at radius 1 is 1.44 bits per heavy atom. The van der Waals surface area contributed by atoms with E-state index in [0.717, 1.165) is 5.75 Å². The lowest BCUT2D eigenvalue weighted by Crippen LogP contribution is -2.59. The van der Waals surface area contributed by atoms with Gasteiger partial charge in [-0.1, -0.05) is 6.92 Å². The van der Waals surface area contributed by atoms with E-state index in [0.29, 0.717) is 6.42 Å².